The molecule has 1 aromatic carbocycles. The lowest BCUT2D eigenvalue weighted by atomic mass is 10.1. The summed E-state index contributed by atoms with van der Waals surface area (Å²) in [7, 11) is 0. The number of benzene rings is 1. The number of rotatable bonds is 4. The summed E-state index contributed by atoms with van der Waals surface area (Å²) in [6.45, 7) is 3.28. The zero-order valence-electron chi connectivity index (χ0n) is 9.88. The van der Waals surface area contributed by atoms with Gasteiger partial charge in [0.25, 0.3) is 0 Å². The van der Waals surface area contributed by atoms with Gasteiger partial charge in [-0.15, -0.1) is 0 Å². The number of fused-ring (bicyclic) bond motifs is 1. The summed E-state index contributed by atoms with van der Waals surface area (Å²) >= 11 is 3.49. The number of hydrogen-bond donors (Lipinski definition) is 1. The largest absolute Gasteiger partial charge is 0.493 e. The van der Waals surface area contributed by atoms with Gasteiger partial charge in [-0.2, -0.15) is 0 Å². The third kappa shape index (κ3) is 3.00. The van der Waals surface area contributed by atoms with Gasteiger partial charge in [0.05, 0.1) is 6.61 Å². The van der Waals surface area contributed by atoms with Crippen LogP contribution in [0.5, 0.6) is 5.75 Å². The number of hydrogen-bond acceptors (Lipinski definition) is 2. The highest BCUT2D eigenvalue weighted by Gasteiger charge is 2.17. The number of ether oxygens (including phenoxy) is 1. The Hall–Kier alpha value is -1.03. The van der Waals surface area contributed by atoms with Gasteiger partial charge in [-0.25, -0.2) is 0 Å². The second-order valence-corrected chi connectivity index (χ2v) is 5.09. The van der Waals surface area contributed by atoms with Crippen molar-refractivity contribution in [2.24, 2.45) is 0 Å². The van der Waals surface area contributed by atoms with Crippen molar-refractivity contribution in [3.05, 3.63) is 27.7 Å². The van der Waals surface area contributed by atoms with E-state index >= 15 is 0 Å². The van der Waals surface area contributed by atoms with Crippen LogP contribution in [-0.2, 0) is 17.8 Å². The van der Waals surface area contributed by atoms with Crippen molar-refractivity contribution in [2.45, 2.75) is 32.7 Å². The summed E-state index contributed by atoms with van der Waals surface area (Å²) < 4.78 is 6.65. The smallest absolute Gasteiger partial charge is 0.220 e. The number of carbonyl (C=O) groups is 1. The third-order valence-electron chi connectivity index (χ3n) is 2.78. The maximum atomic E-state index is 11.4. The highest BCUT2D eigenvalue weighted by Crippen LogP contribution is 2.32. The molecule has 0 radical (unpaired) electrons. The van der Waals surface area contributed by atoms with Gasteiger partial charge in [0.1, 0.15) is 5.75 Å². The van der Waals surface area contributed by atoms with Crippen molar-refractivity contribution in [3.8, 4) is 5.75 Å². The molecule has 0 aromatic heterocycles. The molecule has 1 N–H and O–H groups in total. The molecule has 0 bridgehead atoms. The van der Waals surface area contributed by atoms with E-state index in [1.807, 2.05) is 13.0 Å². The molecule has 92 valence electrons. The first kappa shape index (κ1) is 12.4. The van der Waals surface area contributed by atoms with E-state index in [1.54, 1.807) is 0 Å². The number of carbonyl (C=O) groups excluding carboxylic acids is 1. The summed E-state index contributed by atoms with van der Waals surface area (Å²) in [6.07, 6.45) is 2.40. The van der Waals surface area contributed by atoms with Crippen LogP contribution in [0.25, 0.3) is 0 Å². The van der Waals surface area contributed by atoms with E-state index in [2.05, 4.69) is 27.3 Å². The Bertz CT molecular complexity index is 432. The van der Waals surface area contributed by atoms with Crippen LogP contribution >= 0.6 is 15.9 Å². The second-order valence-electron chi connectivity index (χ2n) is 4.18. The van der Waals surface area contributed by atoms with Crippen molar-refractivity contribution >= 4 is 21.8 Å². The monoisotopic (exact) mass is 297 g/mol. The van der Waals surface area contributed by atoms with Gasteiger partial charge in [-0.1, -0.05) is 22.9 Å². The van der Waals surface area contributed by atoms with Crippen molar-refractivity contribution in [2.75, 3.05) is 6.61 Å². The van der Waals surface area contributed by atoms with Crippen LogP contribution in [0.1, 0.15) is 30.9 Å². The summed E-state index contributed by atoms with van der Waals surface area (Å²) in [5.74, 6) is 1.05. The molecule has 3 nitrogen and oxygen atoms in total. The molecule has 0 fully saturated rings. The average Bonchev–Trinajstić information content (AvgIpc) is 2.74. The zero-order chi connectivity index (χ0) is 12.3. The van der Waals surface area contributed by atoms with Gasteiger partial charge in [-0.3, -0.25) is 4.79 Å². The van der Waals surface area contributed by atoms with E-state index in [-0.39, 0.29) is 5.91 Å². The molecule has 0 atom stereocenters. The molecule has 1 aromatic rings. The number of halogens is 1. The summed E-state index contributed by atoms with van der Waals surface area (Å²) in [5, 5.41) is 2.92. The van der Waals surface area contributed by atoms with Gasteiger partial charge in [0.15, 0.2) is 0 Å². The Labute approximate surface area is 110 Å². The average molecular weight is 298 g/mol. The van der Waals surface area contributed by atoms with Gasteiger partial charge in [0.2, 0.25) is 5.91 Å². The molecule has 4 heteroatoms. The molecular weight excluding hydrogens is 282 g/mol. The van der Waals surface area contributed by atoms with E-state index in [0.717, 1.165) is 35.2 Å². The molecule has 1 aliphatic rings. The maximum Gasteiger partial charge on any atom is 0.220 e. The van der Waals surface area contributed by atoms with Crippen LogP contribution in [0.3, 0.4) is 0 Å². The van der Waals surface area contributed by atoms with Crippen LogP contribution in [-0.4, -0.2) is 12.5 Å². The van der Waals surface area contributed by atoms with Crippen molar-refractivity contribution in [1.29, 1.82) is 0 Å². The first-order chi connectivity index (χ1) is 8.20. The van der Waals surface area contributed by atoms with Crippen LogP contribution in [0.4, 0.5) is 0 Å². The Kier molecular flexibility index (Phi) is 4.05. The lowest BCUT2D eigenvalue weighted by Gasteiger charge is -2.10. The summed E-state index contributed by atoms with van der Waals surface area (Å²) in [5.41, 5.74) is 2.27. The Balaban J connectivity index is 2.08. The van der Waals surface area contributed by atoms with Gasteiger partial charge in [0, 0.05) is 29.4 Å². The Morgan fingerprint density at radius 2 is 2.35 bits per heavy atom. The van der Waals surface area contributed by atoms with Crippen molar-refractivity contribution in [3.63, 3.8) is 0 Å². The molecule has 0 spiro atoms. The standard InChI is InChI=1S/C13H16BrNO2/c1-2-3-12(16)15-8-10-7-11(14)6-9-4-5-17-13(9)10/h6-7H,2-5,8H2,1H3,(H,15,16). The van der Waals surface area contributed by atoms with Crippen molar-refractivity contribution in [1.82, 2.24) is 5.32 Å². The zero-order valence-corrected chi connectivity index (χ0v) is 11.5. The minimum Gasteiger partial charge on any atom is -0.493 e. The fraction of sp³-hybridized carbons (Fsp3) is 0.462. The second kappa shape index (κ2) is 5.54. The molecule has 17 heavy (non-hydrogen) atoms. The van der Waals surface area contributed by atoms with E-state index < -0.39 is 0 Å². The van der Waals surface area contributed by atoms with Gasteiger partial charge < -0.3 is 10.1 Å². The summed E-state index contributed by atoms with van der Waals surface area (Å²) in [4.78, 5) is 11.4. The lowest BCUT2D eigenvalue weighted by Crippen LogP contribution is -2.22. The highest BCUT2D eigenvalue weighted by molar-refractivity contribution is 9.10. The molecule has 0 unspecified atom stereocenters. The first-order valence-corrected chi connectivity index (χ1v) is 6.70. The first-order valence-electron chi connectivity index (χ1n) is 5.91. The fourth-order valence-electron chi connectivity index (χ4n) is 1.99. The molecule has 2 rings (SSSR count). The Morgan fingerprint density at radius 1 is 1.53 bits per heavy atom. The van der Waals surface area contributed by atoms with Crippen LogP contribution in [0.2, 0.25) is 0 Å². The predicted octanol–water partition coefficient (Wildman–Crippen LogP) is 2.80. The topological polar surface area (TPSA) is 38.3 Å². The predicted molar refractivity (Wildman–Crippen MR) is 70.1 cm³/mol. The Morgan fingerprint density at radius 3 is 3.12 bits per heavy atom. The fourth-order valence-corrected chi connectivity index (χ4v) is 2.54. The molecule has 1 amide bonds. The molecule has 1 aliphatic heterocycles. The van der Waals surface area contributed by atoms with Gasteiger partial charge in [-0.05, 0) is 24.1 Å². The van der Waals surface area contributed by atoms with E-state index in [0.29, 0.717) is 13.0 Å². The van der Waals surface area contributed by atoms with Crippen LogP contribution < -0.4 is 10.1 Å². The normalized spacial score (nSPS) is 13.1. The van der Waals surface area contributed by atoms with Gasteiger partial charge >= 0.3 is 0 Å². The highest BCUT2D eigenvalue weighted by atomic mass is 79.9. The lowest BCUT2D eigenvalue weighted by molar-refractivity contribution is -0.121. The van der Waals surface area contributed by atoms with Crippen LogP contribution in [0.15, 0.2) is 16.6 Å². The molecule has 0 saturated carbocycles. The molecule has 1 heterocycles. The SMILES string of the molecule is CCCC(=O)NCc1cc(Br)cc2c1OCC2. The number of nitrogens with one attached hydrogen (secondary N) is 1. The number of amides is 1. The minimum atomic E-state index is 0.0965. The quantitative estimate of drug-likeness (QED) is 0.928. The van der Waals surface area contributed by atoms with Crippen LogP contribution in [0, 0.1) is 0 Å². The molecule has 0 aliphatic carbocycles. The van der Waals surface area contributed by atoms with E-state index in [9.17, 15) is 4.79 Å². The van der Waals surface area contributed by atoms with Crippen molar-refractivity contribution < 1.29 is 9.53 Å². The van der Waals surface area contributed by atoms with E-state index in [1.165, 1.54) is 5.56 Å². The summed E-state index contributed by atoms with van der Waals surface area (Å²) in [6, 6.07) is 4.09. The third-order valence-corrected chi connectivity index (χ3v) is 3.24. The molecule has 0 saturated heterocycles. The maximum absolute atomic E-state index is 11.4. The minimum absolute atomic E-state index is 0.0965. The van der Waals surface area contributed by atoms with E-state index in [4.69, 9.17) is 4.74 Å². The molecular formula is C13H16BrNO2.